The lowest BCUT2D eigenvalue weighted by molar-refractivity contribution is 0.0154. The quantitative estimate of drug-likeness (QED) is 0.149. The molecule has 0 bridgehead atoms. The van der Waals surface area contributed by atoms with Gasteiger partial charge >= 0.3 is 0 Å². The van der Waals surface area contributed by atoms with Crippen LogP contribution < -0.4 is 0 Å². The molecule has 0 spiro atoms. The van der Waals surface area contributed by atoms with Crippen molar-refractivity contribution in [3.63, 3.8) is 0 Å². The highest BCUT2D eigenvalue weighted by molar-refractivity contribution is 7.89. The third-order valence-corrected chi connectivity index (χ3v) is 7.80. The molecule has 2 rings (SSSR count). The molecule has 0 aromatic carbocycles. The van der Waals surface area contributed by atoms with Gasteiger partial charge in [-0.2, -0.15) is 0 Å². The van der Waals surface area contributed by atoms with E-state index >= 15 is 0 Å². The molecule has 0 aromatic heterocycles. The van der Waals surface area contributed by atoms with Gasteiger partial charge in [0, 0.05) is 69.4 Å². The highest BCUT2D eigenvalue weighted by Crippen LogP contribution is 2.27. The van der Waals surface area contributed by atoms with Gasteiger partial charge in [-0.25, -0.2) is 4.99 Å². The molecule has 7 nitrogen and oxygen atoms in total. The second-order valence-electron chi connectivity index (χ2n) is 9.73. The van der Waals surface area contributed by atoms with Crippen LogP contribution in [0.15, 0.2) is 40.7 Å². The van der Waals surface area contributed by atoms with Crippen LogP contribution in [-0.4, -0.2) is 69.7 Å². The Morgan fingerprint density at radius 2 is 1.63 bits per heavy atom. The Morgan fingerprint density at radius 1 is 1.06 bits per heavy atom. The fourth-order valence-corrected chi connectivity index (χ4v) is 5.36. The van der Waals surface area contributed by atoms with Gasteiger partial charge in [0.05, 0.1) is 11.7 Å². The lowest BCUT2D eigenvalue weighted by Crippen LogP contribution is -2.43. The highest BCUT2D eigenvalue weighted by atomic mass is 32.2. The van der Waals surface area contributed by atoms with Crippen LogP contribution in [0.2, 0.25) is 0 Å². The number of hydrogen-bond donors (Lipinski definition) is 0. The molecule has 35 heavy (non-hydrogen) atoms. The van der Waals surface area contributed by atoms with Gasteiger partial charge in [-0.05, 0) is 54.0 Å². The molecule has 2 saturated heterocycles. The molecular weight excluding hydrogens is 462 g/mol. The standard InChI is InChI=1S/C27H47N3O4S/c1-9-11-26(32-20(3)4)29-16-12-25(13-17-29)34-27(28-10-2)22(7)23(8)33-24-14-18-30(19-15-24)35(31)21(5)6/h10-11,20-21,24-25H,8-9,12-19H2,1-7H3/b26-11+,27-22+,28-10-. The van der Waals surface area contributed by atoms with Crippen LogP contribution in [-0.2, 0) is 25.6 Å². The van der Waals surface area contributed by atoms with E-state index in [2.05, 4.69) is 43.3 Å². The van der Waals surface area contributed by atoms with Crippen LogP contribution in [0.3, 0.4) is 0 Å². The summed E-state index contributed by atoms with van der Waals surface area (Å²) in [5, 5.41) is 0.142. The van der Waals surface area contributed by atoms with Crippen LogP contribution in [0.1, 0.15) is 80.6 Å². The summed E-state index contributed by atoms with van der Waals surface area (Å²) in [7, 11) is 0. The third-order valence-electron chi connectivity index (χ3n) is 6.12. The van der Waals surface area contributed by atoms with Crippen LogP contribution >= 0.6 is 0 Å². The van der Waals surface area contributed by atoms with Crippen molar-refractivity contribution in [2.75, 3.05) is 26.2 Å². The number of hydrogen-bond acceptors (Lipinski definition) is 7. The first kappa shape index (κ1) is 29.6. The monoisotopic (exact) mass is 509 g/mol. The van der Waals surface area contributed by atoms with Crippen LogP contribution in [0.5, 0.6) is 0 Å². The molecule has 2 heterocycles. The van der Waals surface area contributed by atoms with Crippen molar-refractivity contribution in [2.24, 2.45) is 4.99 Å². The van der Waals surface area contributed by atoms with Gasteiger partial charge in [-0.15, -0.1) is 4.31 Å². The maximum atomic E-state index is 12.3. The SMILES string of the molecule is C=C(OC1CCN([S+]([O-])C(C)C)CC1)/C(C)=C(\N=C/C)OC1CCN(/C(=C\CC)OC(C)C)CC1. The maximum Gasteiger partial charge on any atom is 0.219 e. The summed E-state index contributed by atoms with van der Waals surface area (Å²) in [6, 6.07) is 0. The molecule has 1 atom stereocenters. The first-order valence-corrected chi connectivity index (χ1v) is 14.3. The molecule has 2 fully saturated rings. The Balaban J connectivity index is 1.93. The van der Waals surface area contributed by atoms with Crippen molar-refractivity contribution in [1.29, 1.82) is 0 Å². The molecular formula is C27H47N3O4S. The molecule has 0 radical (unpaired) electrons. The molecule has 2 aliphatic rings. The number of rotatable bonds is 12. The largest absolute Gasteiger partial charge is 0.598 e. The van der Waals surface area contributed by atoms with Crippen LogP contribution in [0.4, 0.5) is 0 Å². The molecule has 0 saturated carbocycles. The van der Waals surface area contributed by atoms with Crippen molar-refractivity contribution in [2.45, 2.75) is 104 Å². The third kappa shape index (κ3) is 9.39. The summed E-state index contributed by atoms with van der Waals surface area (Å²) >= 11 is -0.927. The van der Waals surface area contributed by atoms with Crippen molar-refractivity contribution in [3.8, 4) is 0 Å². The second-order valence-corrected chi connectivity index (χ2v) is 11.7. The number of nitrogens with zero attached hydrogens (tertiary/aromatic N) is 3. The summed E-state index contributed by atoms with van der Waals surface area (Å²) in [5.74, 6) is 2.16. The van der Waals surface area contributed by atoms with E-state index in [4.69, 9.17) is 14.2 Å². The fraction of sp³-hybridized carbons (Fsp3) is 0.741. The van der Waals surface area contributed by atoms with Crippen molar-refractivity contribution in [3.05, 3.63) is 35.8 Å². The molecule has 0 N–H and O–H groups in total. The summed E-state index contributed by atoms with van der Waals surface area (Å²) in [5.41, 5.74) is 0.827. The first-order chi connectivity index (χ1) is 16.7. The summed E-state index contributed by atoms with van der Waals surface area (Å²) < 4.78 is 33.0. The van der Waals surface area contributed by atoms with Gasteiger partial charge in [-0.3, -0.25) is 0 Å². The summed E-state index contributed by atoms with van der Waals surface area (Å²) in [6.07, 6.45) is 8.64. The molecule has 8 heteroatoms. The van der Waals surface area contributed by atoms with E-state index in [0.717, 1.165) is 69.7 Å². The Morgan fingerprint density at radius 3 is 2.14 bits per heavy atom. The molecule has 0 aromatic rings. The lowest BCUT2D eigenvalue weighted by Gasteiger charge is -2.35. The highest BCUT2D eigenvalue weighted by Gasteiger charge is 2.30. The van der Waals surface area contributed by atoms with E-state index in [0.29, 0.717) is 11.6 Å². The van der Waals surface area contributed by atoms with E-state index in [1.165, 1.54) is 0 Å². The van der Waals surface area contributed by atoms with Crippen molar-refractivity contribution >= 4 is 17.6 Å². The smallest absolute Gasteiger partial charge is 0.219 e. The zero-order valence-corrected chi connectivity index (χ0v) is 23.7. The Hall–Kier alpha value is -1.64. The first-order valence-electron chi connectivity index (χ1n) is 13.2. The van der Waals surface area contributed by atoms with E-state index in [1.807, 2.05) is 32.0 Å². The number of piperidine rings is 2. The van der Waals surface area contributed by atoms with Crippen molar-refractivity contribution < 1.29 is 18.8 Å². The van der Waals surface area contributed by atoms with Crippen LogP contribution in [0, 0.1) is 0 Å². The minimum atomic E-state index is -0.927. The van der Waals surface area contributed by atoms with E-state index in [9.17, 15) is 4.55 Å². The van der Waals surface area contributed by atoms with Gasteiger partial charge in [0.15, 0.2) is 5.88 Å². The normalized spacial score (nSPS) is 21.0. The number of ether oxygens (including phenoxy) is 3. The molecule has 2 aliphatic heterocycles. The zero-order valence-electron chi connectivity index (χ0n) is 22.9. The Bertz CT molecular complexity index is 750. The molecule has 0 aliphatic carbocycles. The predicted molar refractivity (Wildman–Crippen MR) is 145 cm³/mol. The van der Waals surface area contributed by atoms with Gasteiger partial charge in [-0.1, -0.05) is 13.5 Å². The molecule has 1 unspecified atom stereocenters. The lowest BCUT2D eigenvalue weighted by atomic mass is 10.1. The average molecular weight is 510 g/mol. The van der Waals surface area contributed by atoms with E-state index in [1.54, 1.807) is 6.21 Å². The van der Waals surface area contributed by atoms with E-state index < -0.39 is 11.4 Å². The van der Waals surface area contributed by atoms with Gasteiger partial charge < -0.3 is 23.7 Å². The number of aliphatic imine (C=N–C) groups is 1. The van der Waals surface area contributed by atoms with Gasteiger partial charge in [0.2, 0.25) is 5.88 Å². The second kappa shape index (κ2) is 14.8. The van der Waals surface area contributed by atoms with Gasteiger partial charge in [0.1, 0.15) is 23.2 Å². The fourth-order valence-electron chi connectivity index (χ4n) is 4.19. The predicted octanol–water partition coefficient (Wildman–Crippen LogP) is 5.53. The number of likely N-dealkylation sites (tertiary alicyclic amines) is 1. The van der Waals surface area contributed by atoms with Crippen molar-refractivity contribution in [1.82, 2.24) is 9.21 Å². The summed E-state index contributed by atoms with van der Waals surface area (Å²) in [6.45, 7) is 21.6. The average Bonchev–Trinajstić information content (AvgIpc) is 2.83. The minimum absolute atomic E-state index is 0.0673. The Labute approximate surface area is 216 Å². The Kier molecular flexibility index (Phi) is 12.5. The minimum Gasteiger partial charge on any atom is -0.598 e. The summed E-state index contributed by atoms with van der Waals surface area (Å²) in [4.78, 5) is 6.81. The van der Waals surface area contributed by atoms with Gasteiger partial charge in [0.25, 0.3) is 0 Å². The molecule has 0 amide bonds. The topological polar surface area (TPSA) is 69.6 Å². The maximum absolute atomic E-state index is 12.3. The van der Waals surface area contributed by atoms with E-state index in [-0.39, 0.29) is 23.6 Å². The number of allylic oxidation sites excluding steroid dienone is 2. The molecule has 200 valence electrons. The zero-order chi connectivity index (χ0) is 26.0. The van der Waals surface area contributed by atoms with Crippen LogP contribution in [0.25, 0.3) is 0 Å².